The molecule has 0 atom stereocenters. The Hall–Kier alpha value is -1.73. The van der Waals surface area contributed by atoms with E-state index in [0.29, 0.717) is 37.1 Å². The molecule has 6 nitrogen and oxygen atoms in total. The van der Waals surface area contributed by atoms with Crippen molar-refractivity contribution >= 4 is 33.7 Å². The number of benzene rings is 1. The number of amides is 3. The highest BCUT2D eigenvalue weighted by molar-refractivity contribution is 9.10. The molecule has 1 aromatic rings. The molecule has 0 unspecified atom stereocenters. The number of halogens is 1. The van der Waals surface area contributed by atoms with E-state index in [0.717, 1.165) is 10.9 Å². The summed E-state index contributed by atoms with van der Waals surface area (Å²) in [6.45, 7) is 1.50. The summed E-state index contributed by atoms with van der Waals surface area (Å²) in [4.78, 5) is 39.5. The van der Waals surface area contributed by atoms with Crippen molar-refractivity contribution in [2.75, 3.05) is 33.9 Å². The number of carbonyl (C=O) groups is 3. The molecule has 7 heteroatoms. The predicted molar refractivity (Wildman–Crippen MR) is 92.9 cm³/mol. The minimum Gasteiger partial charge on any atom is -0.385 e. The van der Waals surface area contributed by atoms with Crippen LogP contribution >= 0.6 is 15.9 Å². The Bertz CT molecular complexity index is 647. The van der Waals surface area contributed by atoms with Crippen molar-refractivity contribution < 1.29 is 19.1 Å². The molecule has 1 aliphatic rings. The average Bonchev–Trinajstić information content (AvgIpc) is 2.79. The fourth-order valence-electron chi connectivity index (χ4n) is 2.62. The molecule has 0 saturated carbocycles. The van der Waals surface area contributed by atoms with Crippen LogP contribution in [0.2, 0.25) is 0 Å². The molecule has 0 bridgehead atoms. The summed E-state index contributed by atoms with van der Waals surface area (Å²) in [5.41, 5.74) is 0.837. The monoisotopic (exact) mass is 396 g/mol. The zero-order chi connectivity index (χ0) is 17.7. The van der Waals surface area contributed by atoms with E-state index in [1.54, 1.807) is 37.3 Å². The molecule has 3 amide bonds. The topological polar surface area (TPSA) is 66.9 Å². The van der Waals surface area contributed by atoms with E-state index in [4.69, 9.17) is 4.74 Å². The average molecular weight is 397 g/mol. The van der Waals surface area contributed by atoms with Gasteiger partial charge in [-0.3, -0.25) is 19.3 Å². The molecule has 0 radical (unpaired) electrons. The standard InChI is InChI=1S/C17H21BrN2O4/c1-19(8-4-10-24-2)15(21)5-3-9-20-16(22)13-7-6-12(18)11-14(13)17(20)23/h6-7,11H,3-5,8-10H2,1-2H3. The van der Waals surface area contributed by atoms with Gasteiger partial charge in [0, 0.05) is 44.7 Å². The van der Waals surface area contributed by atoms with Crippen molar-refractivity contribution in [3.63, 3.8) is 0 Å². The third-order valence-corrected chi connectivity index (χ3v) is 4.47. The van der Waals surface area contributed by atoms with Crippen LogP contribution < -0.4 is 0 Å². The molecule has 1 aromatic carbocycles. The van der Waals surface area contributed by atoms with Crippen LogP contribution in [0.15, 0.2) is 22.7 Å². The molecule has 0 aliphatic carbocycles. The summed E-state index contributed by atoms with van der Waals surface area (Å²) in [5.74, 6) is -0.578. The number of rotatable bonds is 8. The van der Waals surface area contributed by atoms with E-state index >= 15 is 0 Å². The molecule has 130 valence electrons. The molecule has 0 fully saturated rings. The van der Waals surface area contributed by atoms with Gasteiger partial charge in [0.25, 0.3) is 11.8 Å². The van der Waals surface area contributed by atoms with Crippen LogP contribution in [0.25, 0.3) is 0 Å². The van der Waals surface area contributed by atoms with Gasteiger partial charge in [0.15, 0.2) is 0 Å². The number of carbonyl (C=O) groups excluding carboxylic acids is 3. The van der Waals surface area contributed by atoms with Gasteiger partial charge in [0.2, 0.25) is 5.91 Å². The second-order valence-corrected chi connectivity index (χ2v) is 6.63. The zero-order valence-electron chi connectivity index (χ0n) is 13.9. The van der Waals surface area contributed by atoms with Gasteiger partial charge in [-0.05, 0) is 31.0 Å². The number of imide groups is 1. The number of hydrogen-bond acceptors (Lipinski definition) is 4. The lowest BCUT2D eigenvalue weighted by Gasteiger charge is -2.18. The van der Waals surface area contributed by atoms with E-state index < -0.39 is 0 Å². The van der Waals surface area contributed by atoms with Gasteiger partial charge < -0.3 is 9.64 Å². The summed E-state index contributed by atoms with van der Waals surface area (Å²) in [5, 5.41) is 0. The lowest BCUT2D eigenvalue weighted by Crippen LogP contribution is -2.33. The van der Waals surface area contributed by atoms with Gasteiger partial charge in [-0.2, -0.15) is 0 Å². The highest BCUT2D eigenvalue weighted by Crippen LogP contribution is 2.26. The van der Waals surface area contributed by atoms with E-state index in [2.05, 4.69) is 15.9 Å². The van der Waals surface area contributed by atoms with Crippen molar-refractivity contribution in [2.45, 2.75) is 19.3 Å². The Labute approximate surface area is 149 Å². The maximum Gasteiger partial charge on any atom is 0.261 e. The fourth-order valence-corrected chi connectivity index (χ4v) is 2.98. The first-order valence-corrected chi connectivity index (χ1v) is 8.63. The molecule has 0 saturated heterocycles. The third-order valence-electron chi connectivity index (χ3n) is 3.97. The summed E-state index contributed by atoms with van der Waals surface area (Å²) >= 11 is 3.30. The van der Waals surface area contributed by atoms with E-state index in [1.165, 1.54) is 4.90 Å². The van der Waals surface area contributed by atoms with Crippen LogP contribution in [0.4, 0.5) is 0 Å². The number of hydrogen-bond donors (Lipinski definition) is 0. The van der Waals surface area contributed by atoms with Crippen LogP contribution in [-0.4, -0.2) is 61.4 Å². The molecule has 2 rings (SSSR count). The Morgan fingerprint density at radius 3 is 2.62 bits per heavy atom. The third kappa shape index (κ3) is 4.21. The second-order valence-electron chi connectivity index (χ2n) is 5.72. The van der Waals surface area contributed by atoms with Crippen LogP contribution in [0, 0.1) is 0 Å². The summed E-state index contributed by atoms with van der Waals surface area (Å²) in [7, 11) is 3.37. The number of nitrogens with zero attached hydrogens (tertiary/aromatic N) is 2. The van der Waals surface area contributed by atoms with Crippen molar-refractivity contribution in [1.82, 2.24) is 9.80 Å². The zero-order valence-corrected chi connectivity index (χ0v) is 15.5. The van der Waals surface area contributed by atoms with E-state index in [1.807, 2.05) is 0 Å². The van der Waals surface area contributed by atoms with Crippen LogP contribution in [0.5, 0.6) is 0 Å². The minimum atomic E-state index is -0.294. The second kappa shape index (κ2) is 8.39. The van der Waals surface area contributed by atoms with Crippen LogP contribution in [0.3, 0.4) is 0 Å². The summed E-state index contributed by atoms with van der Waals surface area (Å²) in [6.07, 6.45) is 1.55. The molecule has 24 heavy (non-hydrogen) atoms. The van der Waals surface area contributed by atoms with E-state index in [9.17, 15) is 14.4 Å². The minimum absolute atomic E-state index is 0.00505. The van der Waals surface area contributed by atoms with Crippen molar-refractivity contribution in [1.29, 1.82) is 0 Å². The number of methoxy groups -OCH3 is 1. The molecular formula is C17H21BrN2O4. The quantitative estimate of drug-likeness (QED) is 0.499. The summed E-state index contributed by atoms with van der Waals surface area (Å²) < 4.78 is 5.72. The van der Waals surface area contributed by atoms with E-state index in [-0.39, 0.29) is 24.3 Å². The number of ether oxygens (including phenoxy) is 1. The van der Waals surface area contributed by atoms with Crippen molar-refractivity contribution in [3.8, 4) is 0 Å². The van der Waals surface area contributed by atoms with Gasteiger partial charge in [-0.25, -0.2) is 0 Å². The normalized spacial score (nSPS) is 13.4. The highest BCUT2D eigenvalue weighted by Gasteiger charge is 2.35. The molecule has 1 heterocycles. The van der Waals surface area contributed by atoms with Gasteiger partial charge in [0.05, 0.1) is 11.1 Å². The Balaban J connectivity index is 1.84. The first kappa shape index (κ1) is 18.6. The maximum atomic E-state index is 12.3. The number of fused-ring (bicyclic) bond motifs is 1. The first-order chi connectivity index (χ1) is 11.5. The molecule has 0 N–H and O–H groups in total. The van der Waals surface area contributed by atoms with Gasteiger partial charge >= 0.3 is 0 Å². The fraction of sp³-hybridized carbons (Fsp3) is 0.471. The Morgan fingerprint density at radius 1 is 1.21 bits per heavy atom. The largest absolute Gasteiger partial charge is 0.385 e. The van der Waals surface area contributed by atoms with Crippen molar-refractivity contribution in [2.24, 2.45) is 0 Å². The Morgan fingerprint density at radius 2 is 1.92 bits per heavy atom. The molecule has 0 spiro atoms. The van der Waals surface area contributed by atoms with Crippen LogP contribution in [0.1, 0.15) is 40.0 Å². The lowest BCUT2D eigenvalue weighted by molar-refractivity contribution is -0.130. The van der Waals surface area contributed by atoms with Gasteiger partial charge in [-0.15, -0.1) is 0 Å². The molecular weight excluding hydrogens is 376 g/mol. The maximum absolute atomic E-state index is 12.3. The predicted octanol–water partition coefficient (Wildman–Crippen LogP) is 2.32. The van der Waals surface area contributed by atoms with Crippen molar-refractivity contribution in [3.05, 3.63) is 33.8 Å². The summed E-state index contributed by atoms with van der Waals surface area (Å²) in [6, 6.07) is 5.05. The van der Waals surface area contributed by atoms with Gasteiger partial charge in [0.1, 0.15) is 0 Å². The smallest absolute Gasteiger partial charge is 0.261 e. The molecule has 0 aromatic heterocycles. The first-order valence-electron chi connectivity index (χ1n) is 7.84. The highest BCUT2D eigenvalue weighted by atomic mass is 79.9. The van der Waals surface area contributed by atoms with Crippen LogP contribution in [-0.2, 0) is 9.53 Å². The molecule has 1 aliphatic heterocycles. The SMILES string of the molecule is COCCCN(C)C(=O)CCCN1C(=O)c2ccc(Br)cc2C1=O. The lowest BCUT2D eigenvalue weighted by atomic mass is 10.1. The van der Waals surface area contributed by atoms with Gasteiger partial charge in [-0.1, -0.05) is 15.9 Å². The Kier molecular flexibility index (Phi) is 6.51.